The zero-order chi connectivity index (χ0) is 11.1. The molecule has 0 saturated heterocycles. The summed E-state index contributed by atoms with van der Waals surface area (Å²) in [5, 5.41) is 8.51. The largest absolute Gasteiger partial charge is 0.490 e. The fourth-order valence-electron chi connectivity index (χ4n) is 1.17. The predicted molar refractivity (Wildman–Crippen MR) is 52.8 cm³/mol. The summed E-state index contributed by atoms with van der Waals surface area (Å²) in [4.78, 5) is 0. The van der Waals surface area contributed by atoms with Gasteiger partial charge in [-0.25, -0.2) is 4.39 Å². The van der Waals surface area contributed by atoms with E-state index >= 15 is 0 Å². The summed E-state index contributed by atoms with van der Waals surface area (Å²) >= 11 is 0. The van der Waals surface area contributed by atoms with Crippen LogP contribution < -0.4 is 4.74 Å². The third kappa shape index (κ3) is 3.83. The minimum Gasteiger partial charge on any atom is -0.490 e. The molecule has 0 aromatic heterocycles. The van der Waals surface area contributed by atoms with Gasteiger partial charge in [-0.15, -0.1) is 0 Å². The maximum absolute atomic E-state index is 13.0. The minimum absolute atomic E-state index is 0.0565. The van der Waals surface area contributed by atoms with E-state index in [2.05, 4.69) is 0 Å². The molecular formula is C11H14F2O2. The lowest BCUT2D eigenvalue weighted by Gasteiger charge is -2.06. The Bertz CT molecular complexity index is 303. The summed E-state index contributed by atoms with van der Waals surface area (Å²) in [7, 11) is 0. The number of unbranched alkanes of at least 4 members (excludes halogenated alkanes) is 2. The molecule has 0 aliphatic rings. The summed E-state index contributed by atoms with van der Waals surface area (Å²) in [5.41, 5.74) is 0. The quantitative estimate of drug-likeness (QED) is 0.740. The van der Waals surface area contributed by atoms with Crippen molar-refractivity contribution in [2.24, 2.45) is 0 Å². The van der Waals surface area contributed by atoms with Crippen LogP contribution in [0.5, 0.6) is 5.75 Å². The lowest BCUT2D eigenvalue weighted by atomic mass is 10.2. The fraction of sp³-hybridized carbons (Fsp3) is 0.455. The van der Waals surface area contributed by atoms with Gasteiger partial charge in [0.05, 0.1) is 6.61 Å². The minimum atomic E-state index is -0.945. The first-order valence-electron chi connectivity index (χ1n) is 4.93. The molecule has 0 atom stereocenters. The van der Waals surface area contributed by atoms with Gasteiger partial charge in [0.1, 0.15) is 0 Å². The number of aliphatic hydroxyl groups is 1. The molecule has 0 amide bonds. The van der Waals surface area contributed by atoms with Crippen molar-refractivity contribution in [2.45, 2.75) is 19.3 Å². The molecule has 0 fully saturated rings. The van der Waals surface area contributed by atoms with Crippen LogP contribution in [-0.4, -0.2) is 18.3 Å². The lowest BCUT2D eigenvalue weighted by Crippen LogP contribution is -2.00. The molecule has 1 aromatic rings. The number of hydrogen-bond acceptors (Lipinski definition) is 2. The van der Waals surface area contributed by atoms with E-state index in [1.165, 1.54) is 12.1 Å². The first kappa shape index (κ1) is 11.9. The highest BCUT2D eigenvalue weighted by atomic mass is 19.2. The number of benzene rings is 1. The Morgan fingerprint density at radius 2 is 1.93 bits per heavy atom. The molecular weight excluding hydrogens is 202 g/mol. The second-order valence-electron chi connectivity index (χ2n) is 3.18. The highest BCUT2D eigenvalue weighted by Crippen LogP contribution is 2.19. The van der Waals surface area contributed by atoms with Crippen LogP contribution in [0.1, 0.15) is 19.3 Å². The normalized spacial score (nSPS) is 10.3. The van der Waals surface area contributed by atoms with Crippen molar-refractivity contribution in [3.8, 4) is 5.75 Å². The molecule has 1 N–H and O–H groups in total. The molecule has 1 rings (SSSR count). The van der Waals surface area contributed by atoms with Gasteiger partial charge in [-0.2, -0.15) is 4.39 Å². The Balaban J connectivity index is 2.34. The van der Waals surface area contributed by atoms with E-state index in [4.69, 9.17) is 9.84 Å². The second kappa shape index (κ2) is 6.35. The Morgan fingerprint density at radius 3 is 2.67 bits per heavy atom. The number of ether oxygens (including phenoxy) is 1. The van der Waals surface area contributed by atoms with E-state index in [1.807, 2.05) is 0 Å². The van der Waals surface area contributed by atoms with Crippen LogP contribution in [0.4, 0.5) is 8.78 Å². The van der Waals surface area contributed by atoms with Crippen molar-refractivity contribution < 1.29 is 18.6 Å². The molecule has 4 heteroatoms. The predicted octanol–water partition coefficient (Wildman–Crippen LogP) is 2.51. The van der Waals surface area contributed by atoms with Gasteiger partial charge in [0.25, 0.3) is 0 Å². The number of rotatable bonds is 6. The molecule has 0 spiro atoms. The van der Waals surface area contributed by atoms with Crippen molar-refractivity contribution >= 4 is 0 Å². The second-order valence-corrected chi connectivity index (χ2v) is 3.18. The van der Waals surface area contributed by atoms with Crippen molar-refractivity contribution in [2.75, 3.05) is 13.2 Å². The van der Waals surface area contributed by atoms with E-state index in [0.717, 1.165) is 18.9 Å². The van der Waals surface area contributed by atoms with Gasteiger partial charge in [0, 0.05) is 6.61 Å². The Labute approximate surface area is 87.5 Å². The highest BCUT2D eigenvalue weighted by molar-refractivity contribution is 5.24. The van der Waals surface area contributed by atoms with E-state index < -0.39 is 11.6 Å². The fourth-order valence-corrected chi connectivity index (χ4v) is 1.17. The van der Waals surface area contributed by atoms with E-state index in [1.54, 1.807) is 0 Å². The molecule has 0 saturated carbocycles. The van der Waals surface area contributed by atoms with E-state index in [9.17, 15) is 8.78 Å². The Kier molecular flexibility index (Phi) is 5.04. The van der Waals surface area contributed by atoms with Gasteiger partial charge in [0.15, 0.2) is 11.6 Å². The first-order chi connectivity index (χ1) is 7.25. The SMILES string of the molecule is OCCCCCOc1cccc(F)c1F. The topological polar surface area (TPSA) is 29.5 Å². The third-order valence-corrected chi connectivity index (χ3v) is 1.98. The van der Waals surface area contributed by atoms with Crippen molar-refractivity contribution in [3.05, 3.63) is 29.8 Å². The zero-order valence-electron chi connectivity index (χ0n) is 8.38. The van der Waals surface area contributed by atoms with Crippen LogP contribution >= 0.6 is 0 Å². The summed E-state index contributed by atoms with van der Waals surface area (Å²) in [5.74, 6) is -1.90. The van der Waals surface area contributed by atoms with Gasteiger partial charge >= 0.3 is 0 Å². The van der Waals surface area contributed by atoms with Crippen LogP contribution in [0.2, 0.25) is 0 Å². The Morgan fingerprint density at radius 1 is 1.13 bits per heavy atom. The van der Waals surface area contributed by atoms with Gasteiger partial charge in [-0.1, -0.05) is 6.07 Å². The van der Waals surface area contributed by atoms with Crippen molar-refractivity contribution in [3.63, 3.8) is 0 Å². The molecule has 0 unspecified atom stereocenters. The average molecular weight is 216 g/mol. The summed E-state index contributed by atoms with van der Waals surface area (Å²) in [6.45, 7) is 0.481. The van der Waals surface area contributed by atoms with Crippen LogP contribution in [-0.2, 0) is 0 Å². The molecule has 0 aliphatic heterocycles. The molecule has 0 aliphatic carbocycles. The van der Waals surface area contributed by atoms with Crippen molar-refractivity contribution in [1.82, 2.24) is 0 Å². The third-order valence-electron chi connectivity index (χ3n) is 1.98. The average Bonchev–Trinajstić information content (AvgIpc) is 2.24. The monoisotopic (exact) mass is 216 g/mol. The van der Waals surface area contributed by atoms with Crippen LogP contribution in [0.3, 0.4) is 0 Å². The van der Waals surface area contributed by atoms with Gasteiger partial charge in [0.2, 0.25) is 5.82 Å². The van der Waals surface area contributed by atoms with E-state index in [-0.39, 0.29) is 12.4 Å². The van der Waals surface area contributed by atoms with Crippen molar-refractivity contribution in [1.29, 1.82) is 0 Å². The Hall–Kier alpha value is -1.16. The molecule has 0 radical (unpaired) electrons. The molecule has 0 bridgehead atoms. The molecule has 1 aromatic carbocycles. The van der Waals surface area contributed by atoms with Crippen LogP contribution in [0, 0.1) is 11.6 Å². The number of aliphatic hydroxyl groups excluding tert-OH is 1. The number of halogens is 2. The molecule has 2 nitrogen and oxygen atoms in total. The molecule has 84 valence electrons. The summed E-state index contributed by atoms with van der Waals surface area (Å²) in [6, 6.07) is 3.85. The highest BCUT2D eigenvalue weighted by Gasteiger charge is 2.07. The smallest absolute Gasteiger partial charge is 0.200 e. The van der Waals surface area contributed by atoms with Gasteiger partial charge in [-0.3, -0.25) is 0 Å². The molecule has 15 heavy (non-hydrogen) atoms. The first-order valence-corrected chi connectivity index (χ1v) is 4.93. The van der Waals surface area contributed by atoms with Gasteiger partial charge < -0.3 is 9.84 Å². The van der Waals surface area contributed by atoms with E-state index in [0.29, 0.717) is 13.0 Å². The summed E-state index contributed by atoms with van der Waals surface area (Å²) < 4.78 is 30.8. The van der Waals surface area contributed by atoms with Crippen LogP contribution in [0.15, 0.2) is 18.2 Å². The standard InChI is InChI=1S/C11H14F2O2/c12-9-5-4-6-10(11(9)13)15-8-3-1-2-7-14/h4-6,14H,1-3,7-8H2. The lowest BCUT2D eigenvalue weighted by molar-refractivity contribution is 0.260. The maximum atomic E-state index is 13.0. The number of hydrogen-bond donors (Lipinski definition) is 1. The summed E-state index contributed by atoms with van der Waals surface area (Å²) in [6.07, 6.45) is 2.24. The molecule has 0 heterocycles. The van der Waals surface area contributed by atoms with Gasteiger partial charge in [-0.05, 0) is 31.4 Å². The van der Waals surface area contributed by atoms with Crippen LogP contribution in [0.25, 0.3) is 0 Å². The zero-order valence-corrected chi connectivity index (χ0v) is 8.38. The maximum Gasteiger partial charge on any atom is 0.200 e.